The molecular weight excluding hydrogens is 230 g/mol. The van der Waals surface area contributed by atoms with Crippen molar-refractivity contribution in [2.45, 2.75) is 39.2 Å². The van der Waals surface area contributed by atoms with Gasteiger partial charge in [-0.1, -0.05) is 19.0 Å². The second-order valence-electron chi connectivity index (χ2n) is 4.87. The molecule has 18 heavy (non-hydrogen) atoms. The van der Waals surface area contributed by atoms with E-state index in [0.717, 1.165) is 24.4 Å². The fraction of sp³-hybridized carbons (Fsp3) is 0.583. The van der Waals surface area contributed by atoms with E-state index < -0.39 is 0 Å². The van der Waals surface area contributed by atoms with Crippen LogP contribution in [0.15, 0.2) is 17.0 Å². The molecule has 0 aromatic carbocycles. The SMILES string of the molecule is CC(C)CCc1noc([C@@H](N)Cc2cnc[nH]2)n1. The first-order chi connectivity index (χ1) is 8.65. The monoisotopic (exact) mass is 249 g/mol. The number of nitrogens with one attached hydrogen (secondary N) is 1. The Kier molecular flexibility index (Phi) is 4.09. The summed E-state index contributed by atoms with van der Waals surface area (Å²) >= 11 is 0. The van der Waals surface area contributed by atoms with E-state index in [-0.39, 0.29) is 6.04 Å². The van der Waals surface area contributed by atoms with E-state index in [9.17, 15) is 0 Å². The average molecular weight is 249 g/mol. The van der Waals surface area contributed by atoms with Crippen molar-refractivity contribution in [2.75, 3.05) is 0 Å². The highest BCUT2D eigenvalue weighted by atomic mass is 16.5. The van der Waals surface area contributed by atoms with Crippen molar-refractivity contribution in [1.82, 2.24) is 20.1 Å². The highest BCUT2D eigenvalue weighted by molar-refractivity contribution is 5.02. The van der Waals surface area contributed by atoms with E-state index in [0.29, 0.717) is 18.2 Å². The molecule has 98 valence electrons. The zero-order valence-electron chi connectivity index (χ0n) is 10.8. The van der Waals surface area contributed by atoms with Gasteiger partial charge in [-0.2, -0.15) is 4.98 Å². The van der Waals surface area contributed by atoms with E-state index >= 15 is 0 Å². The van der Waals surface area contributed by atoms with Gasteiger partial charge in [-0.15, -0.1) is 0 Å². The lowest BCUT2D eigenvalue weighted by atomic mass is 10.1. The predicted molar refractivity (Wildman–Crippen MR) is 66.7 cm³/mol. The average Bonchev–Trinajstić information content (AvgIpc) is 2.96. The molecule has 3 N–H and O–H groups in total. The van der Waals surface area contributed by atoms with Crippen LogP contribution in [-0.2, 0) is 12.8 Å². The number of aryl methyl sites for hydroxylation is 1. The van der Waals surface area contributed by atoms with Crippen LogP contribution in [0.2, 0.25) is 0 Å². The fourth-order valence-corrected chi connectivity index (χ4v) is 1.66. The number of hydrogen-bond acceptors (Lipinski definition) is 5. The van der Waals surface area contributed by atoms with E-state index in [1.54, 1.807) is 12.5 Å². The summed E-state index contributed by atoms with van der Waals surface area (Å²) in [6, 6.07) is -0.286. The normalized spacial score (nSPS) is 13.1. The van der Waals surface area contributed by atoms with Crippen LogP contribution in [0.25, 0.3) is 0 Å². The maximum Gasteiger partial charge on any atom is 0.243 e. The number of rotatable bonds is 6. The number of nitrogens with zero attached hydrogens (tertiary/aromatic N) is 3. The standard InChI is InChI=1S/C12H19N5O/c1-8(2)3-4-11-16-12(18-17-11)10(13)5-9-6-14-7-15-9/h6-8,10H,3-5,13H2,1-2H3,(H,14,15)/t10-/m0/s1. The zero-order valence-corrected chi connectivity index (χ0v) is 10.8. The molecule has 6 nitrogen and oxygen atoms in total. The van der Waals surface area contributed by atoms with Gasteiger partial charge in [0.05, 0.1) is 12.4 Å². The third-order valence-corrected chi connectivity index (χ3v) is 2.74. The van der Waals surface area contributed by atoms with Gasteiger partial charge >= 0.3 is 0 Å². The molecule has 0 unspecified atom stereocenters. The van der Waals surface area contributed by atoms with Crippen LogP contribution in [0, 0.1) is 5.92 Å². The molecule has 0 aliphatic heterocycles. The van der Waals surface area contributed by atoms with Crippen LogP contribution in [0.4, 0.5) is 0 Å². The minimum atomic E-state index is -0.286. The number of nitrogens with two attached hydrogens (primary N) is 1. The molecule has 2 aromatic heterocycles. The Hall–Kier alpha value is -1.69. The van der Waals surface area contributed by atoms with Gasteiger partial charge in [0, 0.05) is 24.7 Å². The molecule has 2 aromatic rings. The Morgan fingerprint density at radius 1 is 1.44 bits per heavy atom. The molecule has 2 heterocycles. The topological polar surface area (TPSA) is 93.6 Å². The van der Waals surface area contributed by atoms with Crippen LogP contribution in [-0.4, -0.2) is 20.1 Å². The number of aromatic nitrogens is 4. The Balaban J connectivity index is 1.92. The van der Waals surface area contributed by atoms with Crippen LogP contribution in [0.5, 0.6) is 0 Å². The molecule has 0 aliphatic rings. The summed E-state index contributed by atoms with van der Waals surface area (Å²) in [5.41, 5.74) is 6.97. The number of imidazole rings is 1. The lowest BCUT2D eigenvalue weighted by Gasteiger charge is -2.03. The second kappa shape index (κ2) is 5.77. The Morgan fingerprint density at radius 3 is 2.94 bits per heavy atom. The maximum atomic E-state index is 6.01. The number of aromatic amines is 1. The summed E-state index contributed by atoms with van der Waals surface area (Å²) in [5.74, 6) is 1.85. The lowest BCUT2D eigenvalue weighted by molar-refractivity contribution is 0.348. The van der Waals surface area contributed by atoms with Crippen molar-refractivity contribution in [1.29, 1.82) is 0 Å². The van der Waals surface area contributed by atoms with E-state index in [1.165, 1.54) is 0 Å². The van der Waals surface area contributed by atoms with Crippen molar-refractivity contribution in [2.24, 2.45) is 11.7 Å². The fourth-order valence-electron chi connectivity index (χ4n) is 1.66. The van der Waals surface area contributed by atoms with Crippen LogP contribution >= 0.6 is 0 Å². The van der Waals surface area contributed by atoms with Gasteiger partial charge in [0.15, 0.2) is 5.82 Å². The first-order valence-corrected chi connectivity index (χ1v) is 6.20. The summed E-state index contributed by atoms with van der Waals surface area (Å²) in [5, 5.41) is 3.95. The van der Waals surface area contributed by atoms with Gasteiger partial charge in [0.1, 0.15) is 0 Å². The van der Waals surface area contributed by atoms with Crippen LogP contribution in [0.3, 0.4) is 0 Å². The van der Waals surface area contributed by atoms with Gasteiger partial charge in [-0.05, 0) is 12.3 Å². The second-order valence-corrected chi connectivity index (χ2v) is 4.87. The predicted octanol–water partition coefficient (Wildman–Crippen LogP) is 1.62. The third-order valence-electron chi connectivity index (χ3n) is 2.74. The molecule has 6 heteroatoms. The van der Waals surface area contributed by atoms with Gasteiger partial charge < -0.3 is 15.2 Å². The quantitative estimate of drug-likeness (QED) is 0.811. The van der Waals surface area contributed by atoms with E-state index in [4.69, 9.17) is 10.3 Å². The molecule has 2 rings (SSSR count). The van der Waals surface area contributed by atoms with Gasteiger partial charge in [-0.25, -0.2) is 4.98 Å². The van der Waals surface area contributed by atoms with E-state index in [2.05, 4.69) is 34.0 Å². The molecule has 0 radical (unpaired) electrons. The summed E-state index contributed by atoms with van der Waals surface area (Å²) < 4.78 is 5.19. The number of hydrogen-bond donors (Lipinski definition) is 2. The summed E-state index contributed by atoms with van der Waals surface area (Å²) in [6.45, 7) is 4.34. The smallest absolute Gasteiger partial charge is 0.243 e. The van der Waals surface area contributed by atoms with Crippen molar-refractivity contribution in [3.8, 4) is 0 Å². The molecule has 0 fully saturated rings. The first-order valence-electron chi connectivity index (χ1n) is 6.20. The van der Waals surface area contributed by atoms with Gasteiger partial charge in [0.25, 0.3) is 0 Å². The largest absolute Gasteiger partial charge is 0.348 e. The Labute approximate surface area is 106 Å². The lowest BCUT2D eigenvalue weighted by Crippen LogP contribution is -2.14. The molecule has 0 saturated carbocycles. The van der Waals surface area contributed by atoms with Crippen molar-refractivity contribution >= 4 is 0 Å². The highest BCUT2D eigenvalue weighted by Gasteiger charge is 2.16. The van der Waals surface area contributed by atoms with E-state index in [1.807, 2.05) is 0 Å². The maximum absolute atomic E-state index is 6.01. The summed E-state index contributed by atoms with van der Waals surface area (Å²) in [4.78, 5) is 11.3. The van der Waals surface area contributed by atoms with Gasteiger partial charge in [-0.3, -0.25) is 0 Å². The highest BCUT2D eigenvalue weighted by Crippen LogP contribution is 2.14. The van der Waals surface area contributed by atoms with Crippen molar-refractivity contribution < 1.29 is 4.52 Å². The first kappa shape index (κ1) is 12.8. The summed E-state index contributed by atoms with van der Waals surface area (Å²) in [6.07, 6.45) is 5.87. The minimum Gasteiger partial charge on any atom is -0.348 e. The van der Waals surface area contributed by atoms with Gasteiger partial charge in [0.2, 0.25) is 5.89 Å². The zero-order chi connectivity index (χ0) is 13.0. The van der Waals surface area contributed by atoms with Crippen LogP contribution in [0.1, 0.15) is 43.7 Å². The molecule has 0 saturated heterocycles. The molecule has 0 aliphatic carbocycles. The van der Waals surface area contributed by atoms with Crippen molar-refractivity contribution in [3.05, 3.63) is 29.9 Å². The molecule has 0 spiro atoms. The molecule has 0 amide bonds. The number of H-pyrrole nitrogens is 1. The molecule has 0 bridgehead atoms. The minimum absolute atomic E-state index is 0.286. The summed E-state index contributed by atoms with van der Waals surface area (Å²) in [7, 11) is 0. The third kappa shape index (κ3) is 3.40. The van der Waals surface area contributed by atoms with Crippen LogP contribution < -0.4 is 5.73 Å². The molecule has 1 atom stereocenters. The van der Waals surface area contributed by atoms with Crippen molar-refractivity contribution in [3.63, 3.8) is 0 Å². The Morgan fingerprint density at radius 2 is 2.28 bits per heavy atom. The molecular formula is C12H19N5O. The Bertz CT molecular complexity index is 463.